The van der Waals surface area contributed by atoms with E-state index < -0.39 is 0 Å². The average molecular weight is 258 g/mol. The highest BCUT2D eigenvalue weighted by Gasteiger charge is 2.08. The first kappa shape index (κ1) is 11.3. The van der Waals surface area contributed by atoms with Gasteiger partial charge in [-0.2, -0.15) is 0 Å². The molecule has 0 saturated heterocycles. The van der Waals surface area contributed by atoms with E-state index >= 15 is 0 Å². The highest BCUT2D eigenvalue weighted by atomic mass is 35.5. The zero-order valence-corrected chi connectivity index (χ0v) is 10.9. The molecule has 1 N–H and O–H groups in total. The Morgan fingerprint density at radius 3 is 2.61 bits per heavy atom. The quantitative estimate of drug-likeness (QED) is 0.608. The summed E-state index contributed by atoms with van der Waals surface area (Å²) in [5.74, 6) is 0. The third-order valence-corrected chi connectivity index (χ3v) is 3.70. The SMILES string of the molecule is Cc1ccc2c(=O)c3cc(Cl)ccc3[nH]c2c1C. The summed E-state index contributed by atoms with van der Waals surface area (Å²) in [6.45, 7) is 4.06. The first-order chi connectivity index (χ1) is 8.58. The van der Waals surface area contributed by atoms with Crippen molar-refractivity contribution in [1.82, 2.24) is 4.98 Å². The number of hydrogen-bond acceptors (Lipinski definition) is 1. The molecule has 0 aliphatic heterocycles. The largest absolute Gasteiger partial charge is 0.354 e. The molecule has 1 aromatic heterocycles. The molecular formula is C15H12ClNO. The molecule has 2 nitrogen and oxygen atoms in total. The van der Waals surface area contributed by atoms with E-state index in [2.05, 4.69) is 4.98 Å². The van der Waals surface area contributed by atoms with Gasteiger partial charge in [-0.05, 0) is 49.2 Å². The van der Waals surface area contributed by atoms with Crippen LogP contribution in [0.1, 0.15) is 11.1 Å². The van der Waals surface area contributed by atoms with E-state index in [1.165, 1.54) is 5.56 Å². The van der Waals surface area contributed by atoms with Crippen LogP contribution in [0.25, 0.3) is 21.8 Å². The highest BCUT2D eigenvalue weighted by Crippen LogP contribution is 2.22. The Kier molecular flexibility index (Phi) is 2.42. The Bertz CT molecular complexity index is 833. The van der Waals surface area contributed by atoms with Crippen LogP contribution < -0.4 is 5.43 Å². The standard InChI is InChI=1S/C15H12ClNO/c1-8-3-5-11-14(9(8)2)17-13-6-4-10(16)7-12(13)15(11)18/h3-7H,1-2H3,(H,17,18). The van der Waals surface area contributed by atoms with Crippen LogP contribution in [0, 0.1) is 13.8 Å². The summed E-state index contributed by atoms with van der Waals surface area (Å²) in [7, 11) is 0. The number of hydrogen-bond donors (Lipinski definition) is 1. The molecule has 0 saturated carbocycles. The lowest BCUT2D eigenvalue weighted by molar-refractivity contribution is 1.33. The van der Waals surface area contributed by atoms with Gasteiger partial charge in [-0.15, -0.1) is 0 Å². The smallest absolute Gasteiger partial charge is 0.197 e. The fraction of sp³-hybridized carbons (Fsp3) is 0.133. The van der Waals surface area contributed by atoms with Crippen molar-refractivity contribution in [3.8, 4) is 0 Å². The molecule has 3 aromatic rings. The predicted octanol–water partition coefficient (Wildman–Crippen LogP) is 3.95. The van der Waals surface area contributed by atoms with Gasteiger partial charge in [0.25, 0.3) is 0 Å². The molecular weight excluding hydrogens is 246 g/mol. The molecule has 0 spiro atoms. The van der Waals surface area contributed by atoms with Crippen molar-refractivity contribution in [3.05, 3.63) is 56.7 Å². The number of halogens is 1. The van der Waals surface area contributed by atoms with Gasteiger partial charge < -0.3 is 4.98 Å². The Labute approximate surface area is 109 Å². The molecule has 2 aromatic carbocycles. The minimum Gasteiger partial charge on any atom is -0.354 e. The van der Waals surface area contributed by atoms with E-state index in [4.69, 9.17) is 11.6 Å². The number of H-pyrrole nitrogens is 1. The van der Waals surface area contributed by atoms with E-state index in [0.717, 1.165) is 16.6 Å². The first-order valence-corrected chi connectivity index (χ1v) is 6.17. The number of rotatable bonds is 0. The van der Waals surface area contributed by atoms with Gasteiger partial charge in [-0.25, -0.2) is 0 Å². The fourth-order valence-electron chi connectivity index (χ4n) is 2.26. The van der Waals surface area contributed by atoms with Gasteiger partial charge in [0.05, 0.1) is 5.52 Å². The molecule has 0 atom stereocenters. The Morgan fingerprint density at radius 1 is 1.06 bits per heavy atom. The maximum absolute atomic E-state index is 12.4. The van der Waals surface area contributed by atoms with Crippen molar-refractivity contribution in [1.29, 1.82) is 0 Å². The summed E-state index contributed by atoms with van der Waals surface area (Å²) < 4.78 is 0. The summed E-state index contributed by atoms with van der Waals surface area (Å²) >= 11 is 5.95. The van der Waals surface area contributed by atoms with Crippen LogP contribution >= 0.6 is 11.6 Å². The molecule has 0 bridgehead atoms. The molecule has 0 unspecified atom stereocenters. The van der Waals surface area contributed by atoms with Crippen molar-refractivity contribution in [2.75, 3.05) is 0 Å². The number of benzene rings is 2. The van der Waals surface area contributed by atoms with E-state index in [-0.39, 0.29) is 5.43 Å². The summed E-state index contributed by atoms with van der Waals surface area (Å²) in [6, 6.07) is 9.20. The van der Waals surface area contributed by atoms with Gasteiger partial charge in [0, 0.05) is 21.3 Å². The Balaban J connectivity index is 2.61. The van der Waals surface area contributed by atoms with Gasteiger partial charge in [-0.3, -0.25) is 4.79 Å². The molecule has 0 fully saturated rings. The number of aromatic nitrogens is 1. The van der Waals surface area contributed by atoms with Crippen molar-refractivity contribution < 1.29 is 0 Å². The van der Waals surface area contributed by atoms with Gasteiger partial charge in [-0.1, -0.05) is 17.7 Å². The van der Waals surface area contributed by atoms with Crippen LogP contribution in [0.15, 0.2) is 35.1 Å². The molecule has 3 heteroatoms. The lowest BCUT2D eigenvalue weighted by Gasteiger charge is -2.07. The van der Waals surface area contributed by atoms with E-state index in [9.17, 15) is 4.79 Å². The van der Waals surface area contributed by atoms with E-state index in [0.29, 0.717) is 15.8 Å². The topological polar surface area (TPSA) is 32.9 Å². The number of aromatic amines is 1. The van der Waals surface area contributed by atoms with Crippen LogP contribution in [-0.2, 0) is 0 Å². The third kappa shape index (κ3) is 1.53. The van der Waals surface area contributed by atoms with Crippen molar-refractivity contribution in [2.45, 2.75) is 13.8 Å². The van der Waals surface area contributed by atoms with E-state index in [1.807, 2.05) is 32.0 Å². The van der Waals surface area contributed by atoms with Crippen LogP contribution in [0.2, 0.25) is 5.02 Å². The molecule has 1 heterocycles. The van der Waals surface area contributed by atoms with Gasteiger partial charge in [0.15, 0.2) is 5.43 Å². The van der Waals surface area contributed by atoms with Crippen LogP contribution in [0.5, 0.6) is 0 Å². The average Bonchev–Trinajstić information content (AvgIpc) is 2.36. The lowest BCUT2D eigenvalue weighted by atomic mass is 10.0. The maximum atomic E-state index is 12.4. The second-order valence-electron chi connectivity index (χ2n) is 4.57. The molecule has 0 aliphatic rings. The number of fused-ring (bicyclic) bond motifs is 2. The number of aryl methyl sites for hydroxylation is 2. The predicted molar refractivity (Wildman–Crippen MR) is 76.6 cm³/mol. The summed E-state index contributed by atoms with van der Waals surface area (Å²) in [6.07, 6.45) is 0. The third-order valence-electron chi connectivity index (χ3n) is 3.47. The van der Waals surface area contributed by atoms with Crippen molar-refractivity contribution in [3.63, 3.8) is 0 Å². The Hall–Kier alpha value is -1.80. The molecule has 0 amide bonds. The summed E-state index contributed by atoms with van der Waals surface area (Å²) in [5.41, 5.74) is 4.05. The van der Waals surface area contributed by atoms with Crippen molar-refractivity contribution >= 4 is 33.4 Å². The van der Waals surface area contributed by atoms with Gasteiger partial charge >= 0.3 is 0 Å². The second kappa shape index (κ2) is 3.85. The van der Waals surface area contributed by atoms with E-state index in [1.54, 1.807) is 12.1 Å². The zero-order chi connectivity index (χ0) is 12.9. The summed E-state index contributed by atoms with van der Waals surface area (Å²) in [4.78, 5) is 15.8. The molecule has 18 heavy (non-hydrogen) atoms. The zero-order valence-electron chi connectivity index (χ0n) is 10.2. The molecule has 0 radical (unpaired) electrons. The summed E-state index contributed by atoms with van der Waals surface area (Å²) in [5, 5.41) is 1.93. The van der Waals surface area contributed by atoms with Crippen LogP contribution in [0.3, 0.4) is 0 Å². The van der Waals surface area contributed by atoms with Crippen LogP contribution in [0.4, 0.5) is 0 Å². The van der Waals surface area contributed by atoms with Gasteiger partial charge in [0.1, 0.15) is 0 Å². The number of pyridine rings is 1. The van der Waals surface area contributed by atoms with Crippen LogP contribution in [-0.4, -0.2) is 4.98 Å². The fourth-order valence-corrected chi connectivity index (χ4v) is 2.43. The van der Waals surface area contributed by atoms with Gasteiger partial charge in [0.2, 0.25) is 0 Å². The first-order valence-electron chi connectivity index (χ1n) is 5.79. The highest BCUT2D eigenvalue weighted by molar-refractivity contribution is 6.31. The monoisotopic (exact) mass is 257 g/mol. The van der Waals surface area contributed by atoms with Crippen molar-refractivity contribution in [2.24, 2.45) is 0 Å². The Morgan fingerprint density at radius 2 is 1.83 bits per heavy atom. The molecule has 0 aliphatic carbocycles. The normalized spacial score (nSPS) is 11.3. The number of nitrogens with one attached hydrogen (secondary N) is 1. The molecule has 90 valence electrons. The lowest BCUT2D eigenvalue weighted by Crippen LogP contribution is -2.05. The second-order valence-corrected chi connectivity index (χ2v) is 5.01. The minimum atomic E-state index is 0.0318. The molecule has 3 rings (SSSR count). The maximum Gasteiger partial charge on any atom is 0.197 e. The minimum absolute atomic E-state index is 0.0318.